The molecule has 1 aromatic heterocycles. The van der Waals surface area contributed by atoms with E-state index < -0.39 is 0 Å². The van der Waals surface area contributed by atoms with Crippen molar-refractivity contribution in [3.63, 3.8) is 0 Å². The third-order valence-electron chi connectivity index (χ3n) is 4.95. The van der Waals surface area contributed by atoms with E-state index in [2.05, 4.69) is 22.4 Å². The summed E-state index contributed by atoms with van der Waals surface area (Å²) in [4.78, 5) is 31.8. The number of aliphatic hydroxyl groups is 1. The first-order chi connectivity index (χ1) is 13.0. The number of hydrogen-bond acceptors (Lipinski definition) is 5. The highest BCUT2D eigenvalue weighted by Gasteiger charge is 2.33. The SMILES string of the molecule is Cc1nc(C)c(C(=O)N[C@H]2CN(C(=O)CCO)CC[C@H]2c2ccccc2)s1. The lowest BCUT2D eigenvalue weighted by Gasteiger charge is -2.39. The van der Waals surface area contributed by atoms with Crippen LogP contribution in [0.1, 0.15) is 44.7 Å². The number of likely N-dealkylation sites (tertiary alicyclic amines) is 1. The molecule has 3 rings (SSSR count). The summed E-state index contributed by atoms with van der Waals surface area (Å²) >= 11 is 1.39. The normalized spacial score (nSPS) is 19.7. The van der Waals surface area contributed by atoms with Gasteiger partial charge in [-0.3, -0.25) is 9.59 Å². The molecule has 0 radical (unpaired) electrons. The molecule has 2 aromatic rings. The lowest BCUT2D eigenvalue weighted by atomic mass is 9.85. The van der Waals surface area contributed by atoms with E-state index in [0.717, 1.165) is 22.7 Å². The maximum Gasteiger partial charge on any atom is 0.263 e. The average Bonchev–Trinajstić information content (AvgIpc) is 3.01. The second kappa shape index (κ2) is 8.63. The van der Waals surface area contributed by atoms with E-state index in [4.69, 9.17) is 5.11 Å². The maximum atomic E-state index is 12.8. The minimum absolute atomic E-state index is 0.0759. The molecule has 1 aliphatic heterocycles. The van der Waals surface area contributed by atoms with E-state index in [1.54, 1.807) is 4.90 Å². The van der Waals surface area contributed by atoms with Crippen molar-refractivity contribution >= 4 is 23.2 Å². The molecule has 2 heterocycles. The first-order valence-corrected chi connectivity index (χ1v) is 9.99. The number of thiazole rings is 1. The fourth-order valence-corrected chi connectivity index (χ4v) is 4.48. The van der Waals surface area contributed by atoms with Crippen LogP contribution in [-0.4, -0.2) is 52.5 Å². The van der Waals surface area contributed by atoms with Crippen LogP contribution in [0.3, 0.4) is 0 Å². The van der Waals surface area contributed by atoms with Gasteiger partial charge in [0.1, 0.15) is 4.88 Å². The summed E-state index contributed by atoms with van der Waals surface area (Å²) in [5, 5.41) is 13.1. The van der Waals surface area contributed by atoms with E-state index in [0.29, 0.717) is 18.0 Å². The summed E-state index contributed by atoms with van der Waals surface area (Å²) < 4.78 is 0. The van der Waals surface area contributed by atoms with Gasteiger partial charge in [-0.25, -0.2) is 4.98 Å². The van der Waals surface area contributed by atoms with Gasteiger partial charge in [-0.15, -0.1) is 11.3 Å². The molecule has 2 atom stereocenters. The summed E-state index contributed by atoms with van der Waals surface area (Å²) in [6, 6.07) is 9.91. The zero-order valence-electron chi connectivity index (χ0n) is 15.6. The zero-order chi connectivity index (χ0) is 19.4. The van der Waals surface area contributed by atoms with Crippen molar-refractivity contribution in [3.8, 4) is 0 Å². The van der Waals surface area contributed by atoms with Gasteiger partial charge in [0, 0.05) is 25.4 Å². The monoisotopic (exact) mass is 387 g/mol. The summed E-state index contributed by atoms with van der Waals surface area (Å²) in [6.07, 6.45) is 0.886. The summed E-state index contributed by atoms with van der Waals surface area (Å²) in [5.41, 5.74) is 1.89. The maximum absolute atomic E-state index is 12.8. The van der Waals surface area contributed by atoms with E-state index in [1.807, 2.05) is 32.0 Å². The summed E-state index contributed by atoms with van der Waals surface area (Å²) in [5.74, 6) is -0.0729. The van der Waals surface area contributed by atoms with Crippen molar-refractivity contribution < 1.29 is 14.7 Å². The van der Waals surface area contributed by atoms with Gasteiger partial charge in [0.2, 0.25) is 5.91 Å². The van der Waals surface area contributed by atoms with Crippen LogP contribution < -0.4 is 5.32 Å². The molecule has 144 valence electrons. The molecule has 1 saturated heterocycles. The Balaban J connectivity index is 1.81. The Kier molecular flexibility index (Phi) is 6.23. The fourth-order valence-electron chi connectivity index (χ4n) is 3.65. The molecule has 7 heteroatoms. The van der Waals surface area contributed by atoms with Crippen molar-refractivity contribution in [1.29, 1.82) is 0 Å². The lowest BCUT2D eigenvalue weighted by Crippen LogP contribution is -2.53. The van der Waals surface area contributed by atoms with Gasteiger partial charge in [-0.05, 0) is 25.8 Å². The number of piperidine rings is 1. The minimum atomic E-state index is -0.182. The smallest absolute Gasteiger partial charge is 0.263 e. The fraction of sp³-hybridized carbons (Fsp3) is 0.450. The number of nitrogens with zero attached hydrogens (tertiary/aromatic N) is 2. The van der Waals surface area contributed by atoms with E-state index in [1.165, 1.54) is 11.3 Å². The molecule has 2 amide bonds. The number of rotatable bonds is 5. The van der Waals surface area contributed by atoms with Crippen LogP contribution >= 0.6 is 11.3 Å². The average molecular weight is 388 g/mol. The molecule has 0 unspecified atom stereocenters. The number of carbonyl (C=O) groups is 2. The predicted octanol–water partition coefficient (Wildman–Crippen LogP) is 2.26. The minimum Gasteiger partial charge on any atom is -0.396 e. The first kappa shape index (κ1) is 19.5. The Hall–Kier alpha value is -2.25. The number of aryl methyl sites for hydroxylation is 2. The first-order valence-electron chi connectivity index (χ1n) is 9.18. The van der Waals surface area contributed by atoms with Gasteiger partial charge in [0.05, 0.1) is 23.4 Å². The standard InChI is InChI=1S/C20H25N3O3S/c1-13-19(27-14(2)21-13)20(26)22-17-12-23(18(25)9-11-24)10-8-16(17)15-6-4-3-5-7-15/h3-7,16-17,24H,8-12H2,1-2H3,(H,22,26)/t16-,17-/m0/s1. The Morgan fingerprint density at radius 1 is 1.30 bits per heavy atom. The Morgan fingerprint density at radius 3 is 2.67 bits per heavy atom. The van der Waals surface area contributed by atoms with Crippen LogP contribution in [-0.2, 0) is 4.79 Å². The van der Waals surface area contributed by atoms with Gasteiger partial charge < -0.3 is 15.3 Å². The molecule has 1 fully saturated rings. The Bertz CT molecular complexity index is 806. The van der Waals surface area contributed by atoms with Crippen LogP contribution in [0.15, 0.2) is 30.3 Å². The molecular weight excluding hydrogens is 362 g/mol. The predicted molar refractivity (Wildman–Crippen MR) is 105 cm³/mol. The highest BCUT2D eigenvalue weighted by Crippen LogP contribution is 2.29. The molecule has 0 bridgehead atoms. The molecule has 6 nitrogen and oxygen atoms in total. The molecular formula is C20H25N3O3S. The second-order valence-electron chi connectivity index (χ2n) is 6.85. The molecule has 1 aromatic carbocycles. The number of hydrogen-bond donors (Lipinski definition) is 2. The van der Waals surface area contributed by atoms with Gasteiger partial charge in [0.15, 0.2) is 0 Å². The molecule has 0 spiro atoms. The molecule has 0 saturated carbocycles. The lowest BCUT2D eigenvalue weighted by molar-refractivity contribution is -0.133. The van der Waals surface area contributed by atoms with Crippen LogP contribution in [0.2, 0.25) is 0 Å². The Morgan fingerprint density at radius 2 is 2.04 bits per heavy atom. The highest BCUT2D eigenvalue weighted by molar-refractivity contribution is 7.13. The highest BCUT2D eigenvalue weighted by atomic mass is 32.1. The van der Waals surface area contributed by atoms with Gasteiger partial charge in [0.25, 0.3) is 5.91 Å². The number of amides is 2. The van der Waals surface area contributed by atoms with Crippen molar-refractivity contribution in [2.45, 2.75) is 38.6 Å². The van der Waals surface area contributed by atoms with Crippen LogP contribution in [0.25, 0.3) is 0 Å². The van der Waals surface area contributed by atoms with Crippen molar-refractivity contribution in [3.05, 3.63) is 51.5 Å². The van der Waals surface area contributed by atoms with E-state index in [9.17, 15) is 9.59 Å². The zero-order valence-corrected chi connectivity index (χ0v) is 16.5. The summed E-state index contributed by atoms with van der Waals surface area (Å²) in [7, 11) is 0. The topological polar surface area (TPSA) is 82.5 Å². The molecule has 1 aliphatic rings. The third kappa shape index (κ3) is 4.54. The van der Waals surface area contributed by atoms with Crippen LogP contribution in [0.4, 0.5) is 0 Å². The number of aliphatic hydroxyl groups excluding tert-OH is 1. The third-order valence-corrected chi connectivity index (χ3v) is 6.02. The number of benzene rings is 1. The second-order valence-corrected chi connectivity index (χ2v) is 8.05. The molecule has 27 heavy (non-hydrogen) atoms. The van der Waals surface area contributed by atoms with Crippen LogP contribution in [0, 0.1) is 13.8 Å². The van der Waals surface area contributed by atoms with Gasteiger partial charge >= 0.3 is 0 Å². The number of nitrogens with one attached hydrogen (secondary N) is 1. The largest absolute Gasteiger partial charge is 0.396 e. The van der Waals surface area contributed by atoms with Gasteiger partial charge in [-0.2, -0.15) is 0 Å². The quantitative estimate of drug-likeness (QED) is 0.824. The number of aromatic nitrogens is 1. The molecule has 2 N–H and O–H groups in total. The Labute approximate surface area is 163 Å². The summed E-state index contributed by atoms with van der Waals surface area (Å²) in [6.45, 7) is 4.64. The van der Waals surface area contributed by atoms with Crippen molar-refractivity contribution in [1.82, 2.24) is 15.2 Å². The van der Waals surface area contributed by atoms with Gasteiger partial charge in [-0.1, -0.05) is 30.3 Å². The van der Waals surface area contributed by atoms with Crippen molar-refractivity contribution in [2.24, 2.45) is 0 Å². The van der Waals surface area contributed by atoms with E-state index >= 15 is 0 Å². The number of carbonyl (C=O) groups excluding carboxylic acids is 2. The molecule has 0 aliphatic carbocycles. The van der Waals surface area contributed by atoms with Crippen LogP contribution in [0.5, 0.6) is 0 Å². The van der Waals surface area contributed by atoms with E-state index in [-0.39, 0.29) is 36.8 Å². The van der Waals surface area contributed by atoms with Crippen molar-refractivity contribution in [2.75, 3.05) is 19.7 Å².